The van der Waals surface area contributed by atoms with E-state index >= 15 is 0 Å². The Morgan fingerprint density at radius 3 is 2.00 bits per heavy atom. The molecule has 1 unspecified atom stereocenters. The summed E-state index contributed by atoms with van der Waals surface area (Å²) in [6.45, 7) is 19.2. The number of rotatable bonds is 13. The molecule has 1 aromatic rings. The summed E-state index contributed by atoms with van der Waals surface area (Å²) in [6, 6.07) is 10.3. The predicted molar refractivity (Wildman–Crippen MR) is 160 cm³/mol. The summed E-state index contributed by atoms with van der Waals surface area (Å²) >= 11 is -2.78. The van der Waals surface area contributed by atoms with E-state index in [0.717, 1.165) is 5.56 Å². The van der Waals surface area contributed by atoms with E-state index in [4.69, 9.17) is 18.6 Å². The van der Waals surface area contributed by atoms with Crippen LogP contribution in [0, 0.1) is 0 Å². The molecule has 2 heterocycles. The van der Waals surface area contributed by atoms with Crippen molar-refractivity contribution in [1.82, 2.24) is 0 Å². The van der Waals surface area contributed by atoms with Gasteiger partial charge in [0.25, 0.3) is 0 Å². The molecule has 3 rings (SSSR count). The maximum absolute atomic E-state index is 7.17. The van der Waals surface area contributed by atoms with Crippen LogP contribution in [0.4, 0.5) is 0 Å². The Hall–Kier alpha value is -0.344. The number of hydrogen-bond donors (Lipinski definition) is 0. The molecule has 0 radical (unpaired) electrons. The van der Waals surface area contributed by atoms with Crippen LogP contribution >= 0.6 is 0 Å². The molecule has 210 valence electrons. The Bertz CT molecular complexity index is 829. The van der Waals surface area contributed by atoms with Crippen LogP contribution in [-0.4, -0.2) is 51.6 Å². The van der Waals surface area contributed by atoms with Crippen molar-refractivity contribution in [2.24, 2.45) is 0 Å². The van der Waals surface area contributed by atoms with Crippen LogP contribution in [0.1, 0.15) is 91.9 Å². The zero-order valence-corrected chi connectivity index (χ0v) is 28.8. The van der Waals surface area contributed by atoms with Gasteiger partial charge in [-0.3, -0.25) is 0 Å². The fourth-order valence-electron chi connectivity index (χ4n) is 5.38. The van der Waals surface area contributed by atoms with Gasteiger partial charge in [0.2, 0.25) is 0 Å². The van der Waals surface area contributed by atoms with E-state index in [0.29, 0.717) is 6.61 Å². The van der Waals surface area contributed by atoms with Gasteiger partial charge in [-0.15, -0.1) is 0 Å². The number of unbranched alkanes of at least 4 members (excludes halogenated alkanes) is 3. The molecule has 0 saturated carbocycles. The second-order valence-electron chi connectivity index (χ2n) is 12.8. The summed E-state index contributed by atoms with van der Waals surface area (Å²) in [5.41, 5.74) is 1.06. The van der Waals surface area contributed by atoms with E-state index < -0.39 is 26.7 Å². The van der Waals surface area contributed by atoms with Crippen LogP contribution in [0.25, 0.3) is 0 Å². The molecule has 2 aliphatic heterocycles. The van der Waals surface area contributed by atoms with Gasteiger partial charge in [0.15, 0.2) is 0 Å². The quantitative estimate of drug-likeness (QED) is 0.202. The molecule has 4 nitrogen and oxygen atoms in total. The van der Waals surface area contributed by atoms with E-state index in [1.165, 1.54) is 55.6 Å². The van der Waals surface area contributed by atoms with Gasteiger partial charge in [0.05, 0.1) is 0 Å². The zero-order valence-electron chi connectivity index (χ0n) is 25.0. The Balaban J connectivity index is 2.01. The van der Waals surface area contributed by atoms with Crippen molar-refractivity contribution < 1.29 is 18.6 Å². The molecular formula is C31H54O4SiSn. The van der Waals surface area contributed by atoms with Crippen molar-refractivity contribution in [2.75, 3.05) is 6.61 Å². The summed E-state index contributed by atoms with van der Waals surface area (Å²) in [4.78, 5) is 0. The Kier molecular flexibility index (Phi) is 11.7. The fourth-order valence-corrected chi connectivity index (χ4v) is 22.3. The normalized spacial score (nSPS) is 24.8. The van der Waals surface area contributed by atoms with Gasteiger partial charge in [-0.1, -0.05) is 0 Å². The number of benzene rings is 1. The minimum absolute atomic E-state index is 0.0780. The third kappa shape index (κ3) is 7.87. The second kappa shape index (κ2) is 13.8. The van der Waals surface area contributed by atoms with Crippen molar-refractivity contribution >= 4 is 26.7 Å². The molecule has 1 aromatic carbocycles. The third-order valence-electron chi connectivity index (χ3n) is 8.83. The molecule has 0 N–H and O–H groups in total. The fraction of sp³-hybridized carbons (Fsp3) is 0.742. The molecular weight excluding hydrogens is 583 g/mol. The van der Waals surface area contributed by atoms with Gasteiger partial charge in [0, 0.05) is 0 Å². The first-order chi connectivity index (χ1) is 17.6. The monoisotopic (exact) mass is 638 g/mol. The topological polar surface area (TPSA) is 36.9 Å². The van der Waals surface area contributed by atoms with Gasteiger partial charge in [-0.25, -0.2) is 0 Å². The molecule has 0 spiro atoms. The Labute approximate surface area is 232 Å². The standard InChI is InChI=1S/C19H27O4Si.3C4H9.Sn/c1-19(2,3)24(4,5)23-15-11-12-20-16-13-21-18(22-17(15)16)14-9-7-6-8-10-14;3*1-3-4-2;/h6-11,15-18H,13H2,1-5H3;3*1,3-4H2,2H3;/t15-,16-,17+,18?;;;;/m1..../s1. The van der Waals surface area contributed by atoms with Crippen molar-refractivity contribution in [3.05, 3.63) is 45.7 Å². The van der Waals surface area contributed by atoms with Crippen LogP contribution in [0.5, 0.6) is 0 Å². The van der Waals surface area contributed by atoms with Gasteiger partial charge in [-0.2, -0.15) is 0 Å². The van der Waals surface area contributed by atoms with Crippen molar-refractivity contribution in [3.8, 4) is 0 Å². The molecule has 0 aliphatic carbocycles. The van der Waals surface area contributed by atoms with Crippen LogP contribution in [0.2, 0.25) is 31.4 Å². The average molecular weight is 638 g/mol. The van der Waals surface area contributed by atoms with Crippen LogP contribution < -0.4 is 0 Å². The van der Waals surface area contributed by atoms with Crippen molar-refractivity contribution in [1.29, 1.82) is 0 Å². The van der Waals surface area contributed by atoms with Gasteiger partial charge < -0.3 is 0 Å². The zero-order chi connectivity index (χ0) is 27.1. The Morgan fingerprint density at radius 1 is 0.919 bits per heavy atom. The molecule has 4 atom stereocenters. The summed E-state index contributed by atoms with van der Waals surface area (Å²) in [7, 11) is -2.03. The summed E-state index contributed by atoms with van der Waals surface area (Å²) in [6.07, 6.45) is 9.44. The second-order valence-corrected chi connectivity index (χ2v) is 30.5. The van der Waals surface area contributed by atoms with Crippen molar-refractivity contribution in [2.45, 2.75) is 136 Å². The molecule has 37 heavy (non-hydrogen) atoms. The summed E-state index contributed by atoms with van der Waals surface area (Å²) < 4.78 is 32.7. The van der Waals surface area contributed by atoms with Crippen LogP contribution in [0.15, 0.2) is 40.2 Å². The first kappa shape index (κ1) is 31.2. The Morgan fingerprint density at radius 2 is 1.49 bits per heavy atom. The predicted octanol–water partition coefficient (Wildman–Crippen LogP) is 9.16. The van der Waals surface area contributed by atoms with Crippen molar-refractivity contribution in [3.63, 3.8) is 0 Å². The first-order valence-corrected chi connectivity index (χ1v) is 25.3. The summed E-state index contributed by atoms with van der Waals surface area (Å²) in [5, 5.41) is 0.131. The van der Waals surface area contributed by atoms with E-state index in [9.17, 15) is 0 Å². The van der Waals surface area contributed by atoms with Crippen LogP contribution in [-0.2, 0) is 18.6 Å². The van der Waals surface area contributed by atoms with E-state index in [1.807, 2.05) is 18.2 Å². The maximum atomic E-state index is 7.17. The molecule has 0 bridgehead atoms. The number of ether oxygens (including phenoxy) is 3. The first-order valence-electron chi connectivity index (χ1n) is 15.0. The number of fused-ring (bicyclic) bond motifs is 1. The molecule has 0 aromatic heterocycles. The van der Waals surface area contributed by atoms with Gasteiger partial charge >= 0.3 is 234 Å². The SMILES string of the molecule is CCC[CH2][Sn]([CH2]CCC)([CH2]CCC)[C]1=C[C@@H](O[Si](C)(C)C(C)(C)C)[C@@H]2OC(c3ccccc3)OC[C@H]2O1. The van der Waals surface area contributed by atoms with E-state index in [-0.39, 0.29) is 29.6 Å². The van der Waals surface area contributed by atoms with Crippen LogP contribution in [0.3, 0.4) is 0 Å². The van der Waals surface area contributed by atoms with Gasteiger partial charge in [0.1, 0.15) is 0 Å². The van der Waals surface area contributed by atoms with E-state index in [2.05, 4.69) is 72.8 Å². The molecule has 6 heteroatoms. The minimum atomic E-state index is -2.78. The van der Waals surface area contributed by atoms with E-state index in [1.54, 1.807) is 0 Å². The molecule has 1 fully saturated rings. The third-order valence-corrected chi connectivity index (χ3v) is 28.3. The van der Waals surface area contributed by atoms with Gasteiger partial charge in [-0.05, 0) is 0 Å². The average Bonchev–Trinajstić information content (AvgIpc) is 2.88. The molecule has 0 amide bonds. The molecule has 1 saturated heterocycles. The summed E-state index contributed by atoms with van der Waals surface area (Å²) in [5.74, 6) is 0. The molecule has 2 aliphatic rings. The number of hydrogen-bond acceptors (Lipinski definition) is 4.